The van der Waals surface area contributed by atoms with Crippen molar-refractivity contribution in [2.45, 2.75) is 38.3 Å². The van der Waals surface area contributed by atoms with Crippen LogP contribution in [0.15, 0.2) is 30.3 Å². The van der Waals surface area contributed by atoms with Crippen LogP contribution in [-0.2, 0) is 4.74 Å². The highest BCUT2D eigenvalue weighted by Crippen LogP contribution is 2.27. The second kappa shape index (κ2) is 5.51. The maximum atomic E-state index is 12.3. The minimum absolute atomic E-state index is 0.536. The average Bonchev–Trinajstić information content (AvgIpc) is 2.27. The van der Waals surface area contributed by atoms with Gasteiger partial charge in [0.25, 0.3) is 0 Å². The molecule has 0 aliphatic heterocycles. The second-order valence-corrected chi connectivity index (χ2v) is 3.88. The Morgan fingerprint density at radius 3 is 2.12 bits per heavy atom. The third-order valence-electron chi connectivity index (χ3n) is 2.47. The van der Waals surface area contributed by atoms with Crippen LogP contribution in [-0.4, -0.2) is 23.5 Å². The molecule has 0 aromatic heterocycles. The lowest BCUT2D eigenvalue weighted by Crippen LogP contribution is -2.34. The van der Waals surface area contributed by atoms with E-state index in [-0.39, 0.29) is 0 Å². The summed E-state index contributed by atoms with van der Waals surface area (Å²) in [5.41, 5.74) is 0.536. The standard InChI is InChI=1S/C12H15F3O2/c1-8(17-9(2)12(13,14)15)11(16)10-6-4-3-5-7-10/h3-9,11,16H,1-2H3. The SMILES string of the molecule is CC(OC(C)C(F)(F)F)C(O)c1ccccc1. The van der Waals surface area contributed by atoms with Gasteiger partial charge in [0.2, 0.25) is 0 Å². The van der Waals surface area contributed by atoms with E-state index in [2.05, 4.69) is 0 Å². The summed E-state index contributed by atoms with van der Waals surface area (Å²) in [5.74, 6) is 0. The Balaban J connectivity index is 2.62. The van der Waals surface area contributed by atoms with Gasteiger partial charge in [-0.3, -0.25) is 0 Å². The normalized spacial score (nSPS) is 17.5. The van der Waals surface area contributed by atoms with Crippen LogP contribution in [0, 0.1) is 0 Å². The molecule has 1 aromatic rings. The van der Waals surface area contributed by atoms with E-state index >= 15 is 0 Å². The molecular formula is C12H15F3O2. The van der Waals surface area contributed by atoms with E-state index in [9.17, 15) is 18.3 Å². The molecule has 0 radical (unpaired) electrons. The van der Waals surface area contributed by atoms with Crippen molar-refractivity contribution in [2.75, 3.05) is 0 Å². The van der Waals surface area contributed by atoms with Gasteiger partial charge in [-0.1, -0.05) is 30.3 Å². The Morgan fingerprint density at radius 1 is 1.12 bits per heavy atom. The van der Waals surface area contributed by atoms with E-state index in [4.69, 9.17) is 4.74 Å². The molecule has 0 saturated carbocycles. The zero-order valence-electron chi connectivity index (χ0n) is 9.61. The Hall–Kier alpha value is -1.07. The summed E-state index contributed by atoms with van der Waals surface area (Å²) in [6.45, 7) is 2.34. The van der Waals surface area contributed by atoms with E-state index in [1.165, 1.54) is 6.92 Å². The zero-order valence-corrected chi connectivity index (χ0v) is 9.61. The lowest BCUT2D eigenvalue weighted by molar-refractivity contribution is -0.233. The molecule has 0 amide bonds. The maximum absolute atomic E-state index is 12.3. The van der Waals surface area contributed by atoms with Crippen molar-refractivity contribution in [3.05, 3.63) is 35.9 Å². The highest BCUT2D eigenvalue weighted by Gasteiger charge is 2.38. The van der Waals surface area contributed by atoms with Crippen molar-refractivity contribution < 1.29 is 23.0 Å². The van der Waals surface area contributed by atoms with Crippen LogP contribution < -0.4 is 0 Å². The molecule has 1 N–H and O–H groups in total. The highest BCUT2D eigenvalue weighted by atomic mass is 19.4. The minimum atomic E-state index is -4.41. The van der Waals surface area contributed by atoms with Gasteiger partial charge in [-0.25, -0.2) is 0 Å². The number of aliphatic hydroxyl groups is 1. The van der Waals surface area contributed by atoms with Crippen molar-refractivity contribution >= 4 is 0 Å². The summed E-state index contributed by atoms with van der Waals surface area (Å²) in [4.78, 5) is 0. The minimum Gasteiger partial charge on any atom is -0.386 e. The topological polar surface area (TPSA) is 29.5 Å². The van der Waals surface area contributed by atoms with Crippen LogP contribution in [0.25, 0.3) is 0 Å². The summed E-state index contributed by atoms with van der Waals surface area (Å²) in [7, 11) is 0. The fraction of sp³-hybridized carbons (Fsp3) is 0.500. The average molecular weight is 248 g/mol. The highest BCUT2D eigenvalue weighted by molar-refractivity contribution is 5.18. The number of benzene rings is 1. The molecule has 0 spiro atoms. The van der Waals surface area contributed by atoms with Gasteiger partial charge in [-0.05, 0) is 19.4 Å². The second-order valence-electron chi connectivity index (χ2n) is 3.88. The van der Waals surface area contributed by atoms with Crippen LogP contribution in [0.1, 0.15) is 25.5 Å². The summed E-state index contributed by atoms with van der Waals surface area (Å²) in [5, 5.41) is 9.81. The lowest BCUT2D eigenvalue weighted by atomic mass is 10.1. The largest absolute Gasteiger partial charge is 0.414 e. The number of hydrogen-bond donors (Lipinski definition) is 1. The van der Waals surface area contributed by atoms with Crippen molar-refractivity contribution in [3.8, 4) is 0 Å². The molecule has 1 rings (SSSR count). The van der Waals surface area contributed by atoms with E-state index < -0.39 is 24.5 Å². The molecule has 0 aliphatic carbocycles. The van der Waals surface area contributed by atoms with E-state index in [0.717, 1.165) is 6.92 Å². The van der Waals surface area contributed by atoms with Crippen LogP contribution in [0.5, 0.6) is 0 Å². The van der Waals surface area contributed by atoms with Crippen molar-refractivity contribution in [3.63, 3.8) is 0 Å². The number of aliphatic hydroxyl groups excluding tert-OH is 1. The molecule has 0 bridgehead atoms. The first kappa shape index (κ1) is 14.0. The molecule has 0 fully saturated rings. The zero-order chi connectivity index (χ0) is 13.1. The summed E-state index contributed by atoms with van der Waals surface area (Å²) >= 11 is 0. The third kappa shape index (κ3) is 4.02. The van der Waals surface area contributed by atoms with Gasteiger partial charge >= 0.3 is 6.18 Å². The van der Waals surface area contributed by atoms with Crippen LogP contribution >= 0.6 is 0 Å². The monoisotopic (exact) mass is 248 g/mol. The van der Waals surface area contributed by atoms with Gasteiger partial charge in [0.1, 0.15) is 6.10 Å². The van der Waals surface area contributed by atoms with Gasteiger partial charge in [0.15, 0.2) is 6.10 Å². The number of alkyl halides is 3. The van der Waals surface area contributed by atoms with Gasteiger partial charge in [-0.2, -0.15) is 13.2 Å². The lowest BCUT2D eigenvalue weighted by Gasteiger charge is -2.25. The first-order valence-electron chi connectivity index (χ1n) is 5.27. The predicted octanol–water partition coefficient (Wildman–Crippen LogP) is 3.08. The Kier molecular flexibility index (Phi) is 4.54. The third-order valence-corrected chi connectivity index (χ3v) is 2.47. The Morgan fingerprint density at radius 2 is 1.65 bits per heavy atom. The van der Waals surface area contributed by atoms with Crippen molar-refractivity contribution in [2.24, 2.45) is 0 Å². The molecule has 1 aromatic carbocycles. The number of halogens is 3. The quantitative estimate of drug-likeness (QED) is 0.887. The summed E-state index contributed by atoms with van der Waals surface area (Å²) in [6.07, 6.45) is -8.30. The fourth-order valence-corrected chi connectivity index (χ4v) is 1.39. The molecule has 3 unspecified atom stereocenters. The fourth-order valence-electron chi connectivity index (χ4n) is 1.39. The van der Waals surface area contributed by atoms with Gasteiger partial charge in [0, 0.05) is 0 Å². The maximum Gasteiger partial charge on any atom is 0.414 e. The summed E-state index contributed by atoms with van der Waals surface area (Å²) < 4.78 is 41.6. The van der Waals surface area contributed by atoms with Gasteiger partial charge in [-0.15, -0.1) is 0 Å². The molecule has 3 atom stereocenters. The molecule has 2 nitrogen and oxygen atoms in total. The van der Waals surface area contributed by atoms with Gasteiger partial charge < -0.3 is 9.84 Å². The molecular weight excluding hydrogens is 233 g/mol. The molecule has 17 heavy (non-hydrogen) atoms. The first-order chi connectivity index (χ1) is 7.82. The number of rotatable bonds is 4. The van der Waals surface area contributed by atoms with E-state index in [1.54, 1.807) is 30.3 Å². The Labute approximate surface area is 98.0 Å². The van der Waals surface area contributed by atoms with Gasteiger partial charge in [0.05, 0.1) is 6.10 Å². The van der Waals surface area contributed by atoms with Crippen LogP contribution in [0.3, 0.4) is 0 Å². The van der Waals surface area contributed by atoms with Crippen molar-refractivity contribution in [1.29, 1.82) is 0 Å². The molecule has 0 aliphatic rings. The van der Waals surface area contributed by atoms with Crippen molar-refractivity contribution in [1.82, 2.24) is 0 Å². The molecule has 5 heteroatoms. The van der Waals surface area contributed by atoms with Crippen LogP contribution in [0.2, 0.25) is 0 Å². The number of ether oxygens (including phenoxy) is 1. The smallest absolute Gasteiger partial charge is 0.386 e. The Bertz CT molecular complexity index is 337. The summed E-state index contributed by atoms with van der Waals surface area (Å²) in [6, 6.07) is 8.46. The molecule has 0 saturated heterocycles. The predicted molar refractivity (Wildman–Crippen MR) is 57.5 cm³/mol. The first-order valence-corrected chi connectivity index (χ1v) is 5.27. The van der Waals surface area contributed by atoms with E-state index in [0.29, 0.717) is 5.56 Å². The molecule has 96 valence electrons. The van der Waals surface area contributed by atoms with Crippen LogP contribution in [0.4, 0.5) is 13.2 Å². The van der Waals surface area contributed by atoms with E-state index in [1.807, 2.05) is 0 Å². The number of hydrogen-bond acceptors (Lipinski definition) is 2. The molecule has 0 heterocycles.